The molecule has 0 aliphatic carbocycles. The minimum atomic E-state index is -2.24. The summed E-state index contributed by atoms with van der Waals surface area (Å²) in [6.07, 6.45) is 2.24. The first-order chi connectivity index (χ1) is 16.3. The number of carbonyl (C=O) groups is 2. The lowest BCUT2D eigenvalue weighted by Gasteiger charge is -2.42. The van der Waals surface area contributed by atoms with Crippen molar-refractivity contribution in [2.24, 2.45) is 0 Å². The van der Waals surface area contributed by atoms with Crippen LogP contribution in [0.4, 0.5) is 4.79 Å². The Bertz CT molecular complexity index is 1040. The summed E-state index contributed by atoms with van der Waals surface area (Å²) in [6, 6.07) is 10.2. The molecule has 2 heterocycles. The van der Waals surface area contributed by atoms with Crippen molar-refractivity contribution in [2.75, 3.05) is 7.11 Å². The molecule has 1 aliphatic rings. The summed E-state index contributed by atoms with van der Waals surface area (Å²) in [5.41, 5.74) is 2.26. The standard InChI is InChI=1S/C26H35ClN2O5Si/c1-26(2,3)35(5,6)34-23(19-11-14-22(27)28-16-19)21-13-12-20(29(21)25(31)32)15-17-7-9-18(10-8-17)24(30)33-4/h7-11,14,16,20-21,23H,12-13,15H2,1-6H3,(H,31,32)/t20-,21+,23?/m0/s1. The highest BCUT2D eigenvalue weighted by atomic mass is 35.5. The number of amides is 1. The fourth-order valence-electron chi connectivity index (χ4n) is 4.29. The molecule has 9 heteroatoms. The topological polar surface area (TPSA) is 89.0 Å². The number of nitrogens with zero attached hydrogens (tertiary/aromatic N) is 2. The van der Waals surface area contributed by atoms with Gasteiger partial charge in [0.1, 0.15) is 5.15 Å². The lowest BCUT2D eigenvalue weighted by molar-refractivity contribution is 0.0596. The van der Waals surface area contributed by atoms with Crippen molar-refractivity contribution in [2.45, 2.75) is 76.4 Å². The minimum absolute atomic E-state index is 0.0431. The molecule has 1 N–H and O–H groups in total. The Morgan fingerprint density at radius 2 is 1.83 bits per heavy atom. The number of esters is 1. The molecule has 1 aromatic carbocycles. The number of carbonyl (C=O) groups excluding carboxylic acids is 1. The minimum Gasteiger partial charge on any atom is -0.465 e. The molecule has 1 unspecified atom stereocenters. The molecule has 7 nitrogen and oxygen atoms in total. The largest absolute Gasteiger partial charge is 0.465 e. The second-order valence-electron chi connectivity index (χ2n) is 10.6. The van der Waals surface area contributed by atoms with Crippen LogP contribution in [-0.2, 0) is 15.6 Å². The summed E-state index contributed by atoms with van der Waals surface area (Å²) >= 11 is 6.04. The maximum atomic E-state index is 12.5. The molecule has 3 rings (SSSR count). The molecule has 190 valence electrons. The number of rotatable bonds is 7. The van der Waals surface area contributed by atoms with Crippen LogP contribution in [-0.4, -0.2) is 54.6 Å². The number of hydrogen-bond acceptors (Lipinski definition) is 5. The molecule has 0 saturated carbocycles. The Balaban J connectivity index is 1.90. The summed E-state index contributed by atoms with van der Waals surface area (Å²) in [4.78, 5) is 30.1. The van der Waals surface area contributed by atoms with E-state index in [4.69, 9.17) is 20.8 Å². The maximum Gasteiger partial charge on any atom is 0.407 e. The van der Waals surface area contributed by atoms with Crippen LogP contribution < -0.4 is 0 Å². The highest BCUT2D eigenvalue weighted by Gasteiger charge is 2.46. The van der Waals surface area contributed by atoms with E-state index < -0.39 is 26.5 Å². The number of pyridine rings is 1. The van der Waals surface area contributed by atoms with Crippen LogP contribution in [0, 0.1) is 0 Å². The van der Waals surface area contributed by atoms with Crippen LogP contribution >= 0.6 is 11.6 Å². The van der Waals surface area contributed by atoms with Crippen LogP contribution in [0.3, 0.4) is 0 Å². The van der Waals surface area contributed by atoms with E-state index in [1.165, 1.54) is 7.11 Å². The number of ether oxygens (including phenoxy) is 1. The van der Waals surface area contributed by atoms with Crippen molar-refractivity contribution in [3.05, 3.63) is 64.4 Å². The van der Waals surface area contributed by atoms with Gasteiger partial charge in [-0.15, -0.1) is 0 Å². The van der Waals surface area contributed by atoms with Gasteiger partial charge in [0.2, 0.25) is 0 Å². The highest BCUT2D eigenvalue weighted by molar-refractivity contribution is 6.74. The van der Waals surface area contributed by atoms with E-state index in [9.17, 15) is 14.7 Å². The van der Waals surface area contributed by atoms with E-state index >= 15 is 0 Å². The molecule has 2 aromatic rings. The molecule has 0 radical (unpaired) electrons. The Hall–Kier alpha value is -2.42. The van der Waals surface area contributed by atoms with Crippen LogP contribution in [0.1, 0.15) is 61.2 Å². The van der Waals surface area contributed by atoms with Crippen LogP contribution in [0.2, 0.25) is 23.3 Å². The molecule has 1 amide bonds. The van der Waals surface area contributed by atoms with Crippen molar-refractivity contribution in [1.82, 2.24) is 9.88 Å². The van der Waals surface area contributed by atoms with Crippen molar-refractivity contribution >= 4 is 32.0 Å². The van der Waals surface area contributed by atoms with Gasteiger partial charge in [0.25, 0.3) is 0 Å². The first-order valence-corrected chi connectivity index (χ1v) is 15.1. The van der Waals surface area contributed by atoms with Gasteiger partial charge < -0.3 is 14.3 Å². The van der Waals surface area contributed by atoms with E-state index in [-0.39, 0.29) is 17.1 Å². The molecule has 1 saturated heterocycles. The Morgan fingerprint density at radius 3 is 2.34 bits per heavy atom. The third kappa shape index (κ3) is 6.23. The van der Waals surface area contributed by atoms with Gasteiger partial charge in [-0.1, -0.05) is 50.6 Å². The van der Waals surface area contributed by atoms with Crippen molar-refractivity contribution in [3.63, 3.8) is 0 Å². The predicted molar refractivity (Wildman–Crippen MR) is 138 cm³/mol. The number of methoxy groups -OCH3 is 1. The Labute approximate surface area is 213 Å². The van der Waals surface area contributed by atoms with Gasteiger partial charge in [-0.3, -0.25) is 4.90 Å². The SMILES string of the molecule is COC(=O)c1ccc(C[C@@H]2CC[C@H](C(O[Si](C)(C)C(C)(C)C)c3ccc(Cl)nc3)N2C(=O)O)cc1. The number of aromatic nitrogens is 1. The molecular formula is C26H35ClN2O5Si. The number of carboxylic acid groups (broad SMARTS) is 1. The highest BCUT2D eigenvalue weighted by Crippen LogP contribution is 2.44. The zero-order valence-corrected chi connectivity index (χ0v) is 23.0. The van der Waals surface area contributed by atoms with Crippen LogP contribution in [0.5, 0.6) is 0 Å². The zero-order chi connectivity index (χ0) is 26.0. The molecule has 0 bridgehead atoms. The number of halogens is 1. The summed E-state index contributed by atoms with van der Waals surface area (Å²) in [5, 5.41) is 10.6. The van der Waals surface area contributed by atoms with Gasteiger partial charge in [0.05, 0.1) is 24.8 Å². The van der Waals surface area contributed by atoms with Crippen LogP contribution in [0.15, 0.2) is 42.6 Å². The van der Waals surface area contributed by atoms with E-state index in [1.54, 1.807) is 29.3 Å². The normalized spacial score (nSPS) is 19.5. The van der Waals surface area contributed by atoms with Crippen LogP contribution in [0.25, 0.3) is 0 Å². The van der Waals surface area contributed by atoms with E-state index in [0.717, 1.165) is 11.1 Å². The quantitative estimate of drug-likeness (QED) is 0.261. The third-order valence-electron chi connectivity index (χ3n) is 7.27. The van der Waals surface area contributed by atoms with Gasteiger partial charge in [-0.2, -0.15) is 0 Å². The summed E-state index contributed by atoms with van der Waals surface area (Å²) in [6.45, 7) is 10.8. The predicted octanol–water partition coefficient (Wildman–Crippen LogP) is 6.34. The summed E-state index contributed by atoms with van der Waals surface area (Å²) in [5.74, 6) is -0.396. The van der Waals surface area contributed by atoms with E-state index in [1.807, 2.05) is 18.2 Å². The second-order valence-corrected chi connectivity index (χ2v) is 15.7. The van der Waals surface area contributed by atoms with Crippen molar-refractivity contribution in [3.8, 4) is 0 Å². The molecule has 1 aromatic heterocycles. The first-order valence-electron chi connectivity index (χ1n) is 11.8. The molecule has 3 atom stereocenters. The molecular weight excluding hydrogens is 484 g/mol. The Morgan fingerprint density at radius 1 is 1.17 bits per heavy atom. The lowest BCUT2D eigenvalue weighted by atomic mass is 10.0. The third-order valence-corrected chi connectivity index (χ3v) is 11.9. The summed E-state index contributed by atoms with van der Waals surface area (Å²) < 4.78 is 11.6. The Kier molecular flexibility index (Phi) is 8.29. The second kappa shape index (κ2) is 10.7. The maximum absolute atomic E-state index is 12.5. The van der Waals surface area contributed by atoms with E-state index in [0.29, 0.717) is 30.0 Å². The van der Waals surface area contributed by atoms with Crippen molar-refractivity contribution in [1.29, 1.82) is 0 Å². The van der Waals surface area contributed by atoms with Gasteiger partial charge in [0.15, 0.2) is 8.32 Å². The van der Waals surface area contributed by atoms with Gasteiger partial charge >= 0.3 is 12.1 Å². The molecule has 0 spiro atoms. The first kappa shape index (κ1) is 27.2. The smallest absolute Gasteiger partial charge is 0.407 e. The van der Waals surface area contributed by atoms with Gasteiger partial charge in [-0.25, -0.2) is 14.6 Å². The lowest BCUT2D eigenvalue weighted by Crippen LogP contribution is -2.49. The number of benzene rings is 1. The monoisotopic (exact) mass is 518 g/mol. The summed E-state index contributed by atoms with van der Waals surface area (Å²) in [7, 11) is -0.892. The van der Waals surface area contributed by atoms with Gasteiger partial charge in [-0.05, 0) is 61.2 Å². The fourth-order valence-corrected chi connectivity index (χ4v) is 5.69. The van der Waals surface area contributed by atoms with Gasteiger partial charge in [0, 0.05) is 17.8 Å². The molecule has 1 fully saturated rings. The average molecular weight is 519 g/mol. The van der Waals surface area contributed by atoms with Crippen molar-refractivity contribution < 1.29 is 23.9 Å². The van der Waals surface area contributed by atoms with E-state index in [2.05, 4.69) is 38.8 Å². The fraction of sp³-hybridized carbons (Fsp3) is 0.500. The zero-order valence-electron chi connectivity index (χ0n) is 21.2. The average Bonchev–Trinajstić information content (AvgIpc) is 3.21. The molecule has 1 aliphatic heterocycles. The molecule has 35 heavy (non-hydrogen) atoms. The number of hydrogen-bond donors (Lipinski definition) is 1. The number of likely N-dealkylation sites (tertiary alicyclic amines) is 1.